The summed E-state index contributed by atoms with van der Waals surface area (Å²) in [6.07, 6.45) is 0. The number of anilines is 1. The molecule has 0 fully saturated rings. The first-order valence-electron chi connectivity index (χ1n) is 11.6. The van der Waals surface area contributed by atoms with E-state index < -0.39 is 28.5 Å². The first kappa shape index (κ1) is 26.3. The normalized spacial score (nSPS) is 12.0. The summed E-state index contributed by atoms with van der Waals surface area (Å²) in [5, 5.41) is 3.36. The van der Waals surface area contributed by atoms with Crippen molar-refractivity contribution in [3.05, 3.63) is 125 Å². The Bertz CT molecular complexity index is 1480. The lowest BCUT2D eigenvalue weighted by atomic mass is 9.95. The maximum absolute atomic E-state index is 13.8. The molecule has 4 aromatic carbocycles. The van der Waals surface area contributed by atoms with Crippen molar-refractivity contribution >= 4 is 33.2 Å². The van der Waals surface area contributed by atoms with Crippen molar-refractivity contribution in [2.45, 2.75) is 17.9 Å². The third kappa shape index (κ3) is 5.96. The number of ether oxygens (including phenoxy) is 1. The molecule has 4 aromatic rings. The maximum atomic E-state index is 13.8. The van der Waals surface area contributed by atoms with Crippen molar-refractivity contribution in [2.75, 3.05) is 18.0 Å². The van der Waals surface area contributed by atoms with Gasteiger partial charge in [-0.2, -0.15) is 0 Å². The number of aryl methyl sites for hydroxylation is 1. The number of nitrogens with one attached hydrogen (secondary N) is 1. The summed E-state index contributed by atoms with van der Waals surface area (Å²) >= 11 is 6.23. The number of carbonyl (C=O) groups excluding carboxylic acids is 1. The lowest BCUT2D eigenvalue weighted by molar-refractivity contribution is -0.120. The average molecular weight is 535 g/mol. The van der Waals surface area contributed by atoms with Gasteiger partial charge in [-0.05, 0) is 53.9 Å². The molecule has 0 saturated carbocycles. The Morgan fingerprint density at radius 2 is 1.54 bits per heavy atom. The van der Waals surface area contributed by atoms with E-state index in [2.05, 4.69) is 5.32 Å². The molecular formula is C29H27ClN2O4S. The van der Waals surface area contributed by atoms with Crippen molar-refractivity contribution in [2.24, 2.45) is 0 Å². The molecule has 0 bridgehead atoms. The molecule has 190 valence electrons. The van der Waals surface area contributed by atoms with Gasteiger partial charge in [0.05, 0.1) is 23.7 Å². The number of nitrogens with zero attached hydrogens (tertiary/aromatic N) is 1. The number of rotatable bonds is 9. The van der Waals surface area contributed by atoms with Gasteiger partial charge < -0.3 is 10.1 Å². The minimum absolute atomic E-state index is 0.0448. The Morgan fingerprint density at radius 1 is 0.919 bits per heavy atom. The number of hydrogen-bond donors (Lipinski definition) is 1. The smallest absolute Gasteiger partial charge is 0.264 e. The van der Waals surface area contributed by atoms with E-state index in [0.717, 1.165) is 21.0 Å². The van der Waals surface area contributed by atoms with Gasteiger partial charge in [0, 0.05) is 5.02 Å². The van der Waals surface area contributed by atoms with Gasteiger partial charge in [-0.15, -0.1) is 0 Å². The Morgan fingerprint density at radius 3 is 2.19 bits per heavy atom. The van der Waals surface area contributed by atoms with Crippen molar-refractivity contribution in [1.82, 2.24) is 5.32 Å². The van der Waals surface area contributed by atoms with Crippen LogP contribution in [0.5, 0.6) is 5.75 Å². The molecule has 0 spiro atoms. The van der Waals surface area contributed by atoms with E-state index in [1.165, 1.54) is 25.3 Å². The summed E-state index contributed by atoms with van der Waals surface area (Å²) in [7, 11) is -2.70. The molecule has 0 unspecified atom stereocenters. The van der Waals surface area contributed by atoms with E-state index in [-0.39, 0.29) is 16.3 Å². The van der Waals surface area contributed by atoms with Gasteiger partial charge in [0.25, 0.3) is 10.0 Å². The topological polar surface area (TPSA) is 75.7 Å². The van der Waals surface area contributed by atoms with Crippen LogP contribution in [0.2, 0.25) is 5.02 Å². The second kappa shape index (κ2) is 11.5. The Labute approximate surface area is 222 Å². The number of halogens is 1. The molecule has 1 amide bonds. The third-order valence-electron chi connectivity index (χ3n) is 5.97. The van der Waals surface area contributed by atoms with Gasteiger partial charge in [0.15, 0.2) is 0 Å². The van der Waals surface area contributed by atoms with Crippen LogP contribution >= 0.6 is 11.6 Å². The highest BCUT2D eigenvalue weighted by Crippen LogP contribution is 2.35. The van der Waals surface area contributed by atoms with Gasteiger partial charge in [-0.1, -0.05) is 84.4 Å². The zero-order chi connectivity index (χ0) is 26.4. The third-order valence-corrected chi connectivity index (χ3v) is 7.97. The molecule has 0 aromatic heterocycles. The van der Waals surface area contributed by atoms with Crippen LogP contribution in [0.25, 0.3) is 0 Å². The number of benzene rings is 4. The van der Waals surface area contributed by atoms with Crippen LogP contribution in [-0.2, 0) is 14.8 Å². The minimum Gasteiger partial charge on any atom is -0.495 e. The molecule has 8 heteroatoms. The average Bonchev–Trinajstić information content (AvgIpc) is 2.92. The Kier molecular flexibility index (Phi) is 8.16. The largest absolute Gasteiger partial charge is 0.495 e. The molecule has 0 heterocycles. The zero-order valence-corrected chi connectivity index (χ0v) is 22.0. The van der Waals surface area contributed by atoms with Gasteiger partial charge in [-0.25, -0.2) is 8.42 Å². The molecule has 37 heavy (non-hydrogen) atoms. The summed E-state index contributed by atoms with van der Waals surface area (Å²) < 4.78 is 34.0. The number of sulfonamides is 1. The molecular weight excluding hydrogens is 508 g/mol. The van der Waals surface area contributed by atoms with Crippen molar-refractivity contribution in [1.29, 1.82) is 0 Å². The highest BCUT2D eigenvalue weighted by molar-refractivity contribution is 7.92. The fraction of sp³-hybridized carbons (Fsp3) is 0.138. The molecule has 1 atom stereocenters. The van der Waals surface area contributed by atoms with Crippen molar-refractivity contribution < 1.29 is 17.9 Å². The lowest BCUT2D eigenvalue weighted by Crippen LogP contribution is -2.42. The maximum Gasteiger partial charge on any atom is 0.264 e. The molecule has 0 aliphatic heterocycles. The van der Waals surface area contributed by atoms with Crippen LogP contribution in [0.4, 0.5) is 5.69 Å². The first-order chi connectivity index (χ1) is 17.8. The quantitative estimate of drug-likeness (QED) is 0.296. The number of hydrogen-bond acceptors (Lipinski definition) is 4. The fourth-order valence-electron chi connectivity index (χ4n) is 4.11. The summed E-state index contributed by atoms with van der Waals surface area (Å²) in [6.45, 7) is 1.49. The number of methoxy groups -OCH3 is 1. The van der Waals surface area contributed by atoms with E-state index in [1.807, 2.05) is 61.5 Å². The molecule has 4 rings (SSSR count). The molecule has 0 saturated heterocycles. The number of amides is 1. The molecule has 0 aliphatic rings. The second-order valence-electron chi connectivity index (χ2n) is 8.41. The zero-order valence-electron chi connectivity index (χ0n) is 20.5. The highest BCUT2D eigenvalue weighted by Gasteiger charge is 2.30. The molecule has 1 N–H and O–H groups in total. The van der Waals surface area contributed by atoms with Crippen LogP contribution in [0.3, 0.4) is 0 Å². The summed E-state index contributed by atoms with van der Waals surface area (Å²) in [5.74, 6) is -0.214. The van der Waals surface area contributed by atoms with Crippen molar-refractivity contribution in [3.63, 3.8) is 0 Å². The second-order valence-corrected chi connectivity index (χ2v) is 10.7. The SMILES string of the molecule is COc1ccc(Cl)cc1N(CC(=O)N[C@H](c1ccccc1)c1ccccc1C)S(=O)(=O)c1ccccc1. The van der Waals surface area contributed by atoms with Gasteiger partial charge in [-0.3, -0.25) is 9.10 Å². The lowest BCUT2D eigenvalue weighted by Gasteiger charge is -2.27. The van der Waals surface area contributed by atoms with E-state index in [4.69, 9.17) is 16.3 Å². The van der Waals surface area contributed by atoms with E-state index in [1.54, 1.807) is 30.3 Å². The molecule has 0 aliphatic carbocycles. The van der Waals surface area contributed by atoms with E-state index >= 15 is 0 Å². The standard InChI is InChI=1S/C29H27ClN2O4S/c1-21-11-9-10-16-25(21)29(22-12-5-3-6-13-22)31-28(33)20-32(26-19-23(30)17-18-27(26)36-2)37(34,35)24-14-7-4-8-15-24/h3-19,29H,20H2,1-2H3,(H,31,33)/t29-/m1/s1. The predicted octanol–water partition coefficient (Wildman–Crippen LogP) is 5.76. The summed E-state index contributed by atoms with van der Waals surface area (Å²) in [6, 6.07) is 29.4. The monoisotopic (exact) mass is 534 g/mol. The molecule has 6 nitrogen and oxygen atoms in total. The van der Waals surface area contributed by atoms with Gasteiger partial charge in [0.1, 0.15) is 12.3 Å². The summed E-state index contributed by atoms with van der Waals surface area (Å²) in [4.78, 5) is 13.6. The first-order valence-corrected chi connectivity index (χ1v) is 13.4. The number of carbonyl (C=O) groups is 1. The van der Waals surface area contributed by atoms with Crippen molar-refractivity contribution in [3.8, 4) is 5.75 Å². The summed E-state index contributed by atoms with van der Waals surface area (Å²) in [5.41, 5.74) is 2.96. The molecule has 0 radical (unpaired) electrons. The van der Waals surface area contributed by atoms with E-state index in [0.29, 0.717) is 5.02 Å². The highest BCUT2D eigenvalue weighted by atomic mass is 35.5. The Balaban J connectivity index is 1.75. The van der Waals surface area contributed by atoms with Gasteiger partial charge in [0.2, 0.25) is 5.91 Å². The van der Waals surface area contributed by atoms with Gasteiger partial charge >= 0.3 is 0 Å². The minimum atomic E-state index is -4.14. The Hall–Kier alpha value is -3.81. The predicted molar refractivity (Wildman–Crippen MR) is 147 cm³/mol. The fourth-order valence-corrected chi connectivity index (χ4v) is 5.72. The van der Waals surface area contributed by atoms with Crippen LogP contribution in [0.15, 0.2) is 108 Å². The van der Waals surface area contributed by atoms with Crippen LogP contribution in [-0.4, -0.2) is 28.0 Å². The van der Waals surface area contributed by atoms with Crippen LogP contribution < -0.4 is 14.4 Å². The van der Waals surface area contributed by atoms with Crippen LogP contribution in [0.1, 0.15) is 22.7 Å². The van der Waals surface area contributed by atoms with Crippen LogP contribution in [0, 0.1) is 6.92 Å². The van der Waals surface area contributed by atoms with E-state index in [9.17, 15) is 13.2 Å².